The van der Waals surface area contributed by atoms with Crippen LogP contribution in [0.15, 0.2) is 30.3 Å². The smallest absolute Gasteiger partial charge is 0.0184 e. The van der Waals surface area contributed by atoms with Crippen LogP contribution in [0.3, 0.4) is 0 Å². The van der Waals surface area contributed by atoms with E-state index in [0.29, 0.717) is 0 Å². The molecule has 0 N–H and O–H groups in total. The van der Waals surface area contributed by atoms with E-state index < -0.39 is 0 Å². The molecule has 0 bridgehead atoms. The molecular weight excluding hydrogens is 281 g/mol. The van der Waals surface area contributed by atoms with Crippen molar-refractivity contribution < 1.29 is 0 Å². The Balaban J connectivity index is 0.000000360. The van der Waals surface area contributed by atoms with Gasteiger partial charge in [-0.2, -0.15) is 0 Å². The molecule has 0 atom stereocenters. The van der Waals surface area contributed by atoms with Crippen LogP contribution in [0.4, 0.5) is 0 Å². The zero-order valence-electron chi connectivity index (χ0n) is 4.09. The minimum absolute atomic E-state index is 0. The van der Waals surface area contributed by atoms with Gasteiger partial charge < -0.3 is 0 Å². The van der Waals surface area contributed by atoms with Gasteiger partial charge in [-0.15, -0.1) is 0 Å². The van der Waals surface area contributed by atoms with Crippen LogP contribution >= 0.6 is 0 Å². The molecule has 1 rings (SSSR count). The third-order valence-corrected chi connectivity index (χ3v) is 0.607. The summed E-state index contributed by atoms with van der Waals surface area (Å²) < 4.78 is 0. The molecule has 0 saturated carbocycles. The van der Waals surface area contributed by atoms with E-state index >= 15 is 0 Å². The largest absolute Gasteiger partial charge is 0.0622 e. The van der Waals surface area contributed by atoms with Gasteiger partial charge in [0, 0.05) is 0 Å². The summed E-state index contributed by atoms with van der Waals surface area (Å²) in [6, 6.07) is 12.5. The minimum atomic E-state index is 0. The van der Waals surface area contributed by atoms with Crippen molar-refractivity contribution in [3.8, 4) is 0 Å². The van der Waals surface area contributed by atoms with Crippen molar-refractivity contribution in [2.24, 2.45) is 0 Å². The predicted molar refractivity (Wildman–Crippen MR) is 35.2 cm³/mol. The average Bonchev–Trinajstić information content (AvgIpc) is 1.72. The molecule has 0 aliphatic heterocycles. The van der Waals surface area contributed by atoms with Gasteiger partial charge >= 0.3 is 26.2 Å². The topological polar surface area (TPSA) is 0 Å². The van der Waals surface area contributed by atoms with E-state index in [1.54, 1.807) is 0 Å². The summed E-state index contributed by atoms with van der Waals surface area (Å²) in [5.41, 5.74) is 0. The van der Waals surface area contributed by atoms with Crippen LogP contribution in [-0.2, 0) is 0 Å². The van der Waals surface area contributed by atoms with Gasteiger partial charge in [0.1, 0.15) is 0 Å². The second kappa shape index (κ2) is 4.27. The maximum atomic E-state index is 2.89. The normalized spacial score (nSPS) is 6.86. The minimum Gasteiger partial charge on any atom is -0.0622 e. The fourth-order valence-corrected chi connectivity index (χ4v) is 0.342. The predicted octanol–water partition coefficient (Wildman–Crippen LogP) is 0.303. The molecule has 0 nitrogen and oxygen atoms in total. The molecule has 37 valence electrons. The maximum absolute atomic E-state index is 2.89. The average molecular weight is 289 g/mol. The van der Waals surface area contributed by atoms with Gasteiger partial charge in [0.15, 0.2) is 0 Å². The van der Waals surface area contributed by atoms with Crippen LogP contribution in [0.25, 0.3) is 0 Å². The van der Waals surface area contributed by atoms with Crippen LogP contribution < -0.4 is 0 Å². The number of benzene rings is 1. The Labute approximate surface area is 62.7 Å². The summed E-state index contributed by atoms with van der Waals surface area (Å²) in [4.78, 5) is 0. The molecule has 1 aromatic carbocycles. The first-order valence-corrected chi connectivity index (χ1v) is 1.91. The quantitative estimate of drug-likeness (QED) is 0.603. The van der Waals surface area contributed by atoms with Crippen LogP contribution in [0, 0.1) is 6.07 Å². The molecule has 0 fully saturated rings. The maximum Gasteiger partial charge on any atom is -0.0184 e. The fourth-order valence-electron chi connectivity index (χ4n) is 0.342. The van der Waals surface area contributed by atoms with Gasteiger partial charge in [-0.1, -0.05) is 30.3 Å². The summed E-state index contributed by atoms with van der Waals surface area (Å²) in [7, 11) is 0. The van der Waals surface area contributed by atoms with E-state index in [1.807, 2.05) is 30.3 Å². The first-order chi connectivity index (χ1) is 3.00. The molecule has 7 heavy (non-hydrogen) atoms. The van der Waals surface area contributed by atoms with Crippen LogP contribution in [0.2, 0.25) is 0 Å². The Morgan fingerprint density at radius 2 is 1.43 bits per heavy atom. The van der Waals surface area contributed by atoms with Gasteiger partial charge in [-0.05, 0) is 6.07 Å². The Kier molecular flexibility index (Phi) is 4.33. The molecular formula is C6H8Bi. The SMILES string of the molecule is [BiH3].[c]1ccccc1. The van der Waals surface area contributed by atoms with E-state index in [4.69, 9.17) is 0 Å². The molecule has 1 radical (unpaired) electrons. The van der Waals surface area contributed by atoms with Crippen LogP contribution in [0.5, 0.6) is 0 Å². The van der Waals surface area contributed by atoms with Gasteiger partial charge in [0.05, 0.1) is 0 Å². The van der Waals surface area contributed by atoms with Crippen molar-refractivity contribution in [2.45, 2.75) is 0 Å². The Morgan fingerprint density at radius 3 is 1.57 bits per heavy atom. The van der Waals surface area contributed by atoms with E-state index in [9.17, 15) is 0 Å². The summed E-state index contributed by atoms with van der Waals surface area (Å²) in [5.74, 6) is 0. The van der Waals surface area contributed by atoms with E-state index in [0.717, 1.165) is 0 Å². The molecule has 0 saturated heterocycles. The molecule has 0 unspecified atom stereocenters. The van der Waals surface area contributed by atoms with Crippen molar-refractivity contribution in [1.82, 2.24) is 0 Å². The number of hydrogen-bond acceptors (Lipinski definition) is 0. The van der Waals surface area contributed by atoms with E-state index in [2.05, 4.69) is 6.07 Å². The first-order valence-electron chi connectivity index (χ1n) is 1.91. The molecule has 1 aromatic rings. The Hall–Kier alpha value is 0.103. The second-order valence-corrected chi connectivity index (χ2v) is 1.08. The van der Waals surface area contributed by atoms with Crippen molar-refractivity contribution in [2.75, 3.05) is 0 Å². The molecule has 1 heteroatoms. The van der Waals surface area contributed by atoms with Crippen molar-refractivity contribution in [3.05, 3.63) is 36.4 Å². The van der Waals surface area contributed by atoms with Crippen LogP contribution in [-0.4, -0.2) is 26.2 Å². The summed E-state index contributed by atoms with van der Waals surface area (Å²) >= 11 is 0. The third-order valence-electron chi connectivity index (χ3n) is 0.607. The van der Waals surface area contributed by atoms with Crippen LogP contribution in [0.1, 0.15) is 0 Å². The fraction of sp³-hybridized carbons (Fsp3) is 0. The van der Waals surface area contributed by atoms with Gasteiger partial charge in [0.2, 0.25) is 0 Å². The summed E-state index contributed by atoms with van der Waals surface area (Å²) in [5, 5.41) is 0. The molecule has 0 aliphatic carbocycles. The third kappa shape index (κ3) is 2.76. The Morgan fingerprint density at radius 1 is 0.857 bits per heavy atom. The number of hydrogen-bond donors (Lipinski definition) is 0. The summed E-state index contributed by atoms with van der Waals surface area (Å²) in [6.45, 7) is 0. The molecule has 0 amide bonds. The monoisotopic (exact) mass is 289 g/mol. The van der Waals surface area contributed by atoms with Crippen molar-refractivity contribution in [3.63, 3.8) is 0 Å². The molecule has 0 aromatic heterocycles. The zero-order valence-corrected chi connectivity index (χ0v) is 9.59. The second-order valence-electron chi connectivity index (χ2n) is 1.08. The number of rotatable bonds is 0. The van der Waals surface area contributed by atoms with Crippen molar-refractivity contribution >= 4 is 26.2 Å². The van der Waals surface area contributed by atoms with Gasteiger partial charge in [-0.3, -0.25) is 0 Å². The van der Waals surface area contributed by atoms with E-state index in [1.165, 1.54) is 0 Å². The Bertz CT molecular complexity index is 76.1. The molecule has 0 heterocycles. The van der Waals surface area contributed by atoms with Gasteiger partial charge in [0.25, 0.3) is 0 Å². The standard InChI is InChI=1S/C6H5.Bi.3H/c1-2-4-6-5-3-1;;;;/h1-5H;;;;. The molecule has 0 spiro atoms. The van der Waals surface area contributed by atoms with E-state index in [-0.39, 0.29) is 26.2 Å². The molecule has 0 aliphatic rings. The van der Waals surface area contributed by atoms with Gasteiger partial charge in [-0.25, -0.2) is 0 Å². The first kappa shape index (κ1) is 7.10. The zero-order chi connectivity index (χ0) is 4.24. The van der Waals surface area contributed by atoms with Crippen molar-refractivity contribution in [1.29, 1.82) is 0 Å². The summed E-state index contributed by atoms with van der Waals surface area (Å²) in [6.07, 6.45) is 0.